The molecule has 2 heterocycles. The van der Waals surface area contributed by atoms with Crippen LogP contribution in [0, 0.1) is 5.92 Å². The summed E-state index contributed by atoms with van der Waals surface area (Å²) >= 11 is 0. The molecule has 0 aromatic heterocycles. The zero-order chi connectivity index (χ0) is 16.4. The van der Waals surface area contributed by atoms with Crippen molar-refractivity contribution in [3.8, 4) is 0 Å². The number of hydrogen-bond acceptors (Lipinski definition) is 5. The molecular weight excluding hydrogens is 294 g/mol. The monoisotopic (exact) mass is 325 g/mol. The van der Waals surface area contributed by atoms with Gasteiger partial charge in [-0.1, -0.05) is 0 Å². The smallest absolute Gasteiger partial charge is 0.407 e. The fourth-order valence-electron chi connectivity index (χ4n) is 4.01. The molecule has 1 saturated carbocycles. The van der Waals surface area contributed by atoms with Gasteiger partial charge in [0.05, 0.1) is 18.2 Å². The molecule has 6 nitrogen and oxygen atoms in total. The van der Waals surface area contributed by atoms with Crippen LogP contribution in [-0.2, 0) is 9.47 Å². The van der Waals surface area contributed by atoms with Crippen molar-refractivity contribution in [2.75, 3.05) is 19.7 Å². The molecule has 6 heteroatoms. The average Bonchev–Trinajstić information content (AvgIpc) is 2.50. The topological polar surface area (TPSA) is 71.6 Å². The Balaban J connectivity index is 1.59. The number of fused-ring (bicyclic) bond motifs is 1. The van der Waals surface area contributed by atoms with Crippen LogP contribution in [-0.4, -0.2) is 55.6 Å². The maximum atomic E-state index is 12.2. The Morgan fingerprint density at radius 2 is 1.91 bits per heavy atom. The van der Waals surface area contributed by atoms with E-state index in [0.717, 1.165) is 45.4 Å². The highest BCUT2D eigenvalue weighted by molar-refractivity contribution is 5.68. The molecule has 3 fully saturated rings. The van der Waals surface area contributed by atoms with Crippen LogP contribution in [0.1, 0.15) is 46.5 Å². The lowest BCUT2D eigenvalue weighted by molar-refractivity contribution is -0.130. The Bertz CT molecular complexity index is 418. The third-order valence-electron chi connectivity index (χ3n) is 5.07. The van der Waals surface area contributed by atoms with Gasteiger partial charge in [0.15, 0.2) is 0 Å². The van der Waals surface area contributed by atoms with Crippen LogP contribution in [0.5, 0.6) is 0 Å². The molecule has 4 unspecified atom stereocenters. The molecule has 2 saturated heterocycles. The van der Waals surface area contributed by atoms with Crippen molar-refractivity contribution in [2.24, 2.45) is 5.92 Å². The van der Waals surface area contributed by atoms with Crippen molar-refractivity contribution in [3.05, 3.63) is 0 Å². The molecule has 23 heavy (non-hydrogen) atoms. The van der Waals surface area contributed by atoms with Gasteiger partial charge in [0.1, 0.15) is 5.60 Å². The first-order chi connectivity index (χ1) is 10.9. The third kappa shape index (κ3) is 4.17. The molecule has 0 spiro atoms. The Morgan fingerprint density at radius 1 is 1.17 bits per heavy atom. The van der Waals surface area contributed by atoms with E-state index in [9.17, 15) is 4.79 Å². The van der Waals surface area contributed by atoms with Gasteiger partial charge >= 0.3 is 6.09 Å². The molecule has 0 aromatic carbocycles. The van der Waals surface area contributed by atoms with Crippen molar-refractivity contribution in [2.45, 2.75) is 76.3 Å². The lowest BCUT2D eigenvalue weighted by Crippen LogP contribution is -2.74. The van der Waals surface area contributed by atoms with E-state index in [1.807, 2.05) is 20.8 Å². The van der Waals surface area contributed by atoms with Crippen molar-refractivity contribution in [1.82, 2.24) is 16.0 Å². The molecule has 3 N–H and O–H groups in total. The highest BCUT2D eigenvalue weighted by Crippen LogP contribution is 2.39. The summed E-state index contributed by atoms with van der Waals surface area (Å²) in [4.78, 5) is 12.2. The van der Waals surface area contributed by atoms with E-state index in [2.05, 4.69) is 16.0 Å². The van der Waals surface area contributed by atoms with Gasteiger partial charge in [0.2, 0.25) is 0 Å². The molecule has 0 bridgehead atoms. The lowest BCUT2D eigenvalue weighted by atomic mass is 9.68. The second-order valence-corrected chi connectivity index (χ2v) is 8.03. The molecule has 3 rings (SSSR count). The average molecular weight is 325 g/mol. The summed E-state index contributed by atoms with van der Waals surface area (Å²) in [5.74, 6) is 0.412. The number of piperidine rings is 1. The minimum atomic E-state index is -0.464. The van der Waals surface area contributed by atoms with Crippen molar-refractivity contribution < 1.29 is 14.3 Å². The van der Waals surface area contributed by atoms with Crippen molar-refractivity contribution in [1.29, 1.82) is 0 Å². The lowest BCUT2D eigenvalue weighted by Gasteiger charge is -2.55. The Labute approximate surface area is 139 Å². The van der Waals surface area contributed by atoms with Gasteiger partial charge in [-0.25, -0.2) is 4.79 Å². The summed E-state index contributed by atoms with van der Waals surface area (Å²) in [6.45, 7) is 8.64. The molecular formula is C17H31N3O3. The van der Waals surface area contributed by atoms with E-state index in [0.29, 0.717) is 12.0 Å². The van der Waals surface area contributed by atoms with Gasteiger partial charge < -0.3 is 25.4 Å². The van der Waals surface area contributed by atoms with Gasteiger partial charge in [-0.3, -0.25) is 0 Å². The second-order valence-electron chi connectivity index (χ2n) is 8.03. The third-order valence-corrected chi connectivity index (χ3v) is 5.07. The minimum absolute atomic E-state index is 0.116. The van der Waals surface area contributed by atoms with Crippen LogP contribution < -0.4 is 16.0 Å². The summed E-state index contributed by atoms with van der Waals surface area (Å²) in [5.41, 5.74) is -0.464. The summed E-state index contributed by atoms with van der Waals surface area (Å²) < 4.78 is 11.4. The predicted molar refractivity (Wildman–Crippen MR) is 88.4 cm³/mol. The summed E-state index contributed by atoms with van der Waals surface area (Å²) in [7, 11) is 0. The standard InChI is InChI=1S/C17H31N3O3/c1-17(2,3)23-16(21)20-13-12-5-4-10-22-15(12)14(13)19-11-6-8-18-9-7-11/h11-15,18-19H,4-10H2,1-3H3,(H,20,21). The van der Waals surface area contributed by atoms with E-state index in [1.54, 1.807) is 0 Å². The number of alkyl carbamates (subject to hydrolysis) is 1. The van der Waals surface area contributed by atoms with Crippen LogP contribution >= 0.6 is 0 Å². The second kappa shape index (κ2) is 6.95. The number of carbonyl (C=O) groups excluding carboxylic acids is 1. The SMILES string of the molecule is CC(C)(C)OC(=O)NC1C2CCCOC2C1NC1CCNCC1. The van der Waals surface area contributed by atoms with Gasteiger partial charge in [-0.15, -0.1) is 0 Å². The van der Waals surface area contributed by atoms with E-state index in [1.165, 1.54) is 0 Å². The maximum absolute atomic E-state index is 12.2. The highest BCUT2D eigenvalue weighted by atomic mass is 16.6. The van der Waals surface area contributed by atoms with E-state index in [-0.39, 0.29) is 24.3 Å². The first-order valence-electron chi connectivity index (χ1n) is 9.02. The van der Waals surface area contributed by atoms with Gasteiger partial charge in [-0.2, -0.15) is 0 Å². The maximum Gasteiger partial charge on any atom is 0.407 e. The van der Waals surface area contributed by atoms with Crippen LogP contribution in [0.2, 0.25) is 0 Å². The molecule has 4 atom stereocenters. The van der Waals surface area contributed by atoms with Gasteiger partial charge in [-0.05, 0) is 59.5 Å². The first kappa shape index (κ1) is 17.0. The number of amides is 1. The largest absolute Gasteiger partial charge is 0.444 e. The molecule has 2 aliphatic heterocycles. The fourth-order valence-corrected chi connectivity index (χ4v) is 4.01. The number of carbonyl (C=O) groups is 1. The number of rotatable bonds is 3. The Hall–Kier alpha value is -0.850. The number of hydrogen-bond donors (Lipinski definition) is 3. The van der Waals surface area contributed by atoms with Crippen molar-refractivity contribution in [3.63, 3.8) is 0 Å². The first-order valence-corrected chi connectivity index (χ1v) is 9.02. The summed E-state index contributed by atoms with van der Waals surface area (Å²) in [5, 5.41) is 10.2. The van der Waals surface area contributed by atoms with E-state index in [4.69, 9.17) is 9.47 Å². The van der Waals surface area contributed by atoms with Crippen LogP contribution in [0.3, 0.4) is 0 Å². The summed E-state index contributed by atoms with van der Waals surface area (Å²) in [6.07, 6.45) is 4.38. The van der Waals surface area contributed by atoms with Crippen LogP contribution in [0.4, 0.5) is 4.79 Å². The number of nitrogens with one attached hydrogen (secondary N) is 3. The van der Waals surface area contributed by atoms with Gasteiger partial charge in [0.25, 0.3) is 0 Å². The fraction of sp³-hybridized carbons (Fsp3) is 0.941. The predicted octanol–water partition coefficient (Wildman–Crippen LogP) is 1.40. The zero-order valence-electron chi connectivity index (χ0n) is 14.6. The Morgan fingerprint density at radius 3 is 2.61 bits per heavy atom. The van der Waals surface area contributed by atoms with Crippen LogP contribution in [0.15, 0.2) is 0 Å². The molecule has 132 valence electrons. The molecule has 1 aliphatic carbocycles. The van der Waals surface area contributed by atoms with Crippen molar-refractivity contribution >= 4 is 6.09 Å². The quantitative estimate of drug-likeness (QED) is 0.732. The van der Waals surface area contributed by atoms with Gasteiger partial charge in [0, 0.05) is 18.6 Å². The molecule has 1 amide bonds. The Kier molecular flexibility index (Phi) is 5.13. The zero-order valence-corrected chi connectivity index (χ0v) is 14.6. The normalized spacial score (nSPS) is 35.1. The number of ether oxygens (including phenoxy) is 2. The van der Waals surface area contributed by atoms with E-state index >= 15 is 0 Å². The summed E-state index contributed by atoms with van der Waals surface area (Å²) in [6, 6.07) is 0.830. The minimum Gasteiger partial charge on any atom is -0.444 e. The molecule has 0 aromatic rings. The van der Waals surface area contributed by atoms with Crippen LogP contribution in [0.25, 0.3) is 0 Å². The molecule has 3 aliphatic rings. The molecule has 0 radical (unpaired) electrons. The highest BCUT2D eigenvalue weighted by Gasteiger charge is 2.53. The van der Waals surface area contributed by atoms with E-state index < -0.39 is 5.60 Å².